The largest absolute Gasteiger partial charge is 0.496 e. The van der Waals surface area contributed by atoms with Crippen molar-refractivity contribution < 1.29 is 9.84 Å². The van der Waals surface area contributed by atoms with Gasteiger partial charge in [-0.2, -0.15) is 0 Å². The molecule has 2 aromatic rings. The van der Waals surface area contributed by atoms with E-state index in [0.717, 1.165) is 26.7 Å². The summed E-state index contributed by atoms with van der Waals surface area (Å²) < 4.78 is 6.27. The number of ether oxygens (including phenoxy) is 1. The Labute approximate surface area is 122 Å². The lowest BCUT2D eigenvalue weighted by Crippen LogP contribution is -2.03. The molecule has 0 saturated heterocycles. The van der Waals surface area contributed by atoms with Crippen molar-refractivity contribution >= 4 is 15.9 Å². The van der Waals surface area contributed by atoms with E-state index in [-0.39, 0.29) is 0 Å². The third-order valence-electron chi connectivity index (χ3n) is 3.05. The first-order valence-corrected chi connectivity index (χ1v) is 6.90. The van der Waals surface area contributed by atoms with Crippen LogP contribution in [0.3, 0.4) is 0 Å². The number of rotatable bonds is 3. The van der Waals surface area contributed by atoms with Gasteiger partial charge >= 0.3 is 0 Å². The molecule has 1 N–H and O–H groups in total. The molecule has 0 radical (unpaired) electrons. The quantitative estimate of drug-likeness (QED) is 0.920. The highest BCUT2D eigenvalue weighted by Gasteiger charge is 2.16. The Hall–Kier alpha value is -1.32. The first kappa shape index (κ1) is 14.1. The summed E-state index contributed by atoms with van der Waals surface area (Å²) in [6, 6.07) is 11.7. The number of hydrogen-bond acceptors (Lipinski definition) is 2. The molecule has 0 heterocycles. The smallest absolute Gasteiger partial charge is 0.126 e. The van der Waals surface area contributed by atoms with Gasteiger partial charge in [-0.05, 0) is 31.5 Å². The van der Waals surface area contributed by atoms with Crippen LogP contribution in [0.4, 0.5) is 0 Å². The van der Waals surface area contributed by atoms with Crippen LogP contribution in [0.5, 0.6) is 5.75 Å². The number of benzene rings is 2. The number of aliphatic hydroxyl groups is 1. The minimum Gasteiger partial charge on any atom is -0.496 e. The number of aliphatic hydroxyl groups excluding tert-OH is 1. The molecule has 0 spiro atoms. The van der Waals surface area contributed by atoms with Crippen molar-refractivity contribution in [1.29, 1.82) is 0 Å². The van der Waals surface area contributed by atoms with E-state index in [4.69, 9.17) is 4.74 Å². The SMILES string of the molecule is COc1cc(Br)ccc1C(O)c1cc(C)cc(C)c1. The Morgan fingerprint density at radius 2 is 1.68 bits per heavy atom. The summed E-state index contributed by atoms with van der Waals surface area (Å²) in [7, 11) is 1.61. The lowest BCUT2D eigenvalue weighted by Gasteiger charge is -2.16. The zero-order chi connectivity index (χ0) is 14.0. The summed E-state index contributed by atoms with van der Waals surface area (Å²) in [4.78, 5) is 0. The van der Waals surface area contributed by atoms with Crippen molar-refractivity contribution in [3.63, 3.8) is 0 Å². The molecule has 2 nitrogen and oxygen atoms in total. The topological polar surface area (TPSA) is 29.5 Å². The highest BCUT2D eigenvalue weighted by Crippen LogP contribution is 2.32. The number of halogens is 1. The van der Waals surface area contributed by atoms with Gasteiger partial charge in [0.15, 0.2) is 0 Å². The Kier molecular flexibility index (Phi) is 4.27. The van der Waals surface area contributed by atoms with Crippen LogP contribution in [-0.2, 0) is 0 Å². The average Bonchev–Trinajstić information content (AvgIpc) is 2.36. The molecular formula is C16H17BrO2. The van der Waals surface area contributed by atoms with Crippen LogP contribution in [0.2, 0.25) is 0 Å². The van der Waals surface area contributed by atoms with Crippen molar-refractivity contribution in [3.8, 4) is 5.75 Å². The molecule has 0 aliphatic carbocycles. The fourth-order valence-electron chi connectivity index (χ4n) is 2.26. The lowest BCUT2D eigenvalue weighted by atomic mass is 9.97. The van der Waals surface area contributed by atoms with Crippen LogP contribution in [0.15, 0.2) is 40.9 Å². The predicted octanol–water partition coefficient (Wildman–Crippen LogP) is 4.16. The van der Waals surface area contributed by atoms with E-state index in [1.807, 2.05) is 44.2 Å². The number of aryl methyl sites for hydroxylation is 2. The van der Waals surface area contributed by atoms with Crippen molar-refractivity contribution in [2.45, 2.75) is 20.0 Å². The molecule has 0 fully saturated rings. The standard InChI is InChI=1S/C16H17BrO2/c1-10-6-11(2)8-12(7-10)16(18)14-5-4-13(17)9-15(14)19-3/h4-9,16,18H,1-3H3. The minimum atomic E-state index is -0.679. The summed E-state index contributed by atoms with van der Waals surface area (Å²) in [5.41, 5.74) is 3.95. The van der Waals surface area contributed by atoms with Gasteiger partial charge in [-0.25, -0.2) is 0 Å². The second-order valence-electron chi connectivity index (χ2n) is 4.71. The van der Waals surface area contributed by atoms with Crippen LogP contribution in [0.1, 0.15) is 28.4 Å². The zero-order valence-electron chi connectivity index (χ0n) is 11.3. The third kappa shape index (κ3) is 3.17. The Bertz CT molecular complexity index is 573. The number of hydrogen-bond donors (Lipinski definition) is 1. The first-order chi connectivity index (χ1) is 9.01. The van der Waals surface area contributed by atoms with Crippen LogP contribution in [0.25, 0.3) is 0 Å². The molecule has 19 heavy (non-hydrogen) atoms. The van der Waals surface area contributed by atoms with Gasteiger partial charge in [0.25, 0.3) is 0 Å². The maximum atomic E-state index is 10.5. The Morgan fingerprint density at radius 1 is 1.05 bits per heavy atom. The maximum Gasteiger partial charge on any atom is 0.126 e. The molecule has 0 saturated carbocycles. The first-order valence-electron chi connectivity index (χ1n) is 6.11. The van der Waals surface area contributed by atoms with Crippen LogP contribution < -0.4 is 4.74 Å². The van der Waals surface area contributed by atoms with Gasteiger partial charge in [-0.3, -0.25) is 0 Å². The average molecular weight is 321 g/mol. The summed E-state index contributed by atoms with van der Waals surface area (Å²) >= 11 is 3.40. The third-order valence-corrected chi connectivity index (χ3v) is 3.54. The molecule has 0 amide bonds. The van der Waals surface area contributed by atoms with E-state index in [2.05, 4.69) is 22.0 Å². The lowest BCUT2D eigenvalue weighted by molar-refractivity contribution is 0.214. The van der Waals surface area contributed by atoms with E-state index in [1.54, 1.807) is 7.11 Å². The van der Waals surface area contributed by atoms with Crippen molar-refractivity contribution in [3.05, 3.63) is 63.1 Å². The van der Waals surface area contributed by atoms with Crippen LogP contribution in [0, 0.1) is 13.8 Å². The van der Waals surface area contributed by atoms with Gasteiger partial charge in [0.2, 0.25) is 0 Å². The molecule has 1 atom stereocenters. The van der Waals surface area contributed by atoms with Crippen LogP contribution in [-0.4, -0.2) is 12.2 Å². The van der Waals surface area contributed by atoms with Gasteiger partial charge in [-0.15, -0.1) is 0 Å². The number of methoxy groups -OCH3 is 1. The fraction of sp³-hybridized carbons (Fsp3) is 0.250. The van der Waals surface area contributed by atoms with E-state index in [0.29, 0.717) is 5.75 Å². The molecule has 3 heteroatoms. The van der Waals surface area contributed by atoms with Crippen molar-refractivity contribution in [2.24, 2.45) is 0 Å². The fourth-order valence-corrected chi connectivity index (χ4v) is 2.60. The molecule has 1 unspecified atom stereocenters. The van der Waals surface area contributed by atoms with Gasteiger partial charge in [0.05, 0.1) is 7.11 Å². The summed E-state index contributed by atoms with van der Waals surface area (Å²) in [5.74, 6) is 0.682. The van der Waals surface area contributed by atoms with Crippen molar-refractivity contribution in [2.75, 3.05) is 7.11 Å². The second kappa shape index (κ2) is 5.76. The molecule has 0 aromatic heterocycles. The van der Waals surface area contributed by atoms with E-state index >= 15 is 0 Å². The summed E-state index contributed by atoms with van der Waals surface area (Å²) in [6.07, 6.45) is -0.679. The van der Waals surface area contributed by atoms with E-state index < -0.39 is 6.10 Å². The maximum absolute atomic E-state index is 10.5. The van der Waals surface area contributed by atoms with Gasteiger partial charge in [0.1, 0.15) is 11.9 Å². The molecule has 100 valence electrons. The summed E-state index contributed by atoms with van der Waals surface area (Å²) in [5, 5.41) is 10.5. The van der Waals surface area contributed by atoms with Crippen LogP contribution >= 0.6 is 15.9 Å². The van der Waals surface area contributed by atoms with Crippen molar-refractivity contribution in [1.82, 2.24) is 0 Å². The molecule has 2 rings (SSSR count). The molecule has 2 aromatic carbocycles. The highest BCUT2D eigenvalue weighted by atomic mass is 79.9. The van der Waals surface area contributed by atoms with E-state index in [1.165, 1.54) is 0 Å². The zero-order valence-corrected chi connectivity index (χ0v) is 12.9. The van der Waals surface area contributed by atoms with E-state index in [9.17, 15) is 5.11 Å². The predicted molar refractivity (Wildman–Crippen MR) is 80.7 cm³/mol. The van der Waals surface area contributed by atoms with Gasteiger partial charge in [0, 0.05) is 10.0 Å². The monoisotopic (exact) mass is 320 g/mol. The molecule has 0 aliphatic heterocycles. The Balaban J connectivity index is 2.46. The van der Waals surface area contributed by atoms with Gasteiger partial charge in [-0.1, -0.05) is 51.3 Å². The molecule has 0 aliphatic rings. The normalized spacial score (nSPS) is 12.3. The Morgan fingerprint density at radius 3 is 2.26 bits per heavy atom. The summed E-state index contributed by atoms with van der Waals surface area (Å²) in [6.45, 7) is 4.06. The molecular weight excluding hydrogens is 304 g/mol. The van der Waals surface area contributed by atoms with Gasteiger partial charge < -0.3 is 9.84 Å². The molecule has 0 bridgehead atoms. The highest BCUT2D eigenvalue weighted by molar-refractivity contribution is 9.10. The minimum absolute atomic E-state index is 0.679. The second-order valence-corrected chi connectivity index (χ2v) is 5.63.